The Bertz CT molecular complexity index is 327. The van der Waals surface area contributed by atoms with Crippen LogP contribution in [0.4, 0.5) is 0 Å². The lowest BCUT2D eigenvalue weighted by molar-refractivity contribution is -0.156. The highest BCUT2D eigenvalue weighted by atomic mass is 16.1. The first-order valence-electron chi connectivity index (χ1n) is 5.16. The first-order valence-corrected chi connectivity index (χ1v) is 5.16. The average molecular weight is 178 g/mol. The van der Waals surface area contributed by atoms with Gasteiger partial charge in [-0.05, 0) is 18.3 Å². The minimum absolute atomic E-state index is 0.116. The summed E-state index contributed by atoms with van der Waals surface area (Å²) in [5.41, 5.74) is 1.49. The Morgan fingerprint density at radius 3 is 2.85 bits per heavy atom. The lowest BCUT2D eigenvalue weighted by atomic mass is 9.51. The molecule has 2 N–H and O–H groups in total. The third-order valence-electron chi connectivity index (χ3n) is 5.23. The van der Waals surface area contributed by atoms with Gasteiger partial charge in [0.2, 0.25) is 0 Å². The summed E-state index contributed by atoms with van der Waals surface area (Å²) in [5.74, 6) is 1.07. The van der Waals surface area contributed by atoms with Crippen molar-refractivity contribution in [1.82, 2.24) is 0 Å². The van der Waals surface area contributed by atoms with E-state index < -0.39 is 0 Å². The van der Waals surface area contributed by atoms with Gasteiger partial charge in [-0.25, -0.2) is 0 Å². The Kier molecular flexibility index (Phi) is 1.04. The van der Waals surface area contributed by atoms with Crippen molar-refractivity contribution in [2.45, 2.75) is 33.1 Å². The molecule has 3 fully saturated rings. The summed E-state index contributed by atoms with van der Waals surface area (Å²) in [6, 6.07) is 0. The smallest absolute Gasteiger partial charge is 0.163 e. The lowest BCUT2D eigenvalue weighted by Gasteiger charge is -2.48. The molecule has 2 heteroatoms. The van der Waals surface area contributed by atoms with Gasteiger partial charge in [0.15, 0.2) is 5.71 Å². The van der Waals surface area contributed by atoms with Gasteiger partial charge in [0, 0.05) is 17.8 Å². The van der Waals surface area contributed by atoms with Crippen molar-refractivity contribution in [1.29, 1.82) is 0 Å². The van der Waals surface area contributed by atoms with Crippen molar-refractivity contribution in [2.75, 3.05) is 0 Å². The molecular weight excluding hydrogens is 162 g/mol. The van der Waals surface area contributed by atoms with Gasteiger partial charge >= 0.3 is 0 Å². The standard InChI is InChI=1S/C11H15NO/c1-10-4-3-6-9(12)8(7(13)5-10)11(6,10)2/h6,8,12H,3-5H2,1-2H3/p+1. The maximum atomic E-state index is 11.7. The fourth-order valence-electron chi connectivity index (χ4n) is 4.25. The van der Waals surface area contributed by atoms with Crippen LogP contribution in [0, 0.1) is 22.7 Å². The highest BCUT2D eigenvalue weighted by Gasteiger charge is 2.76. The molecule has 0 spiro atoms. The normalized spacial score (nSPS) is 58.0. The summed E-state index contributed by atoms with van der Waals surface area (Å²) in [6.45, 7) is 4.55. The van der Waals surface area contributed by atoms with E-state index in [0.29, 0.717) is 11.7 Å². The summed E-state index contributed by atoms with van der Waals surface area (Å²) in [7, 11) is 0. The second kappa shape index (κ2) is 1.75. The van der Waals surface area contributed by atoms with Gasteiger partial charge in [0.1, 0.15) is 11.7 Å². The van der Waals surface area contributed by atoms with Crippen molar-refractivity contribution in [3.05, 3.63) is 0 Å². The third-order valence-corrected chi connectivity index (χ3v) is 5.23. The van der Waals surface area contributed by atoms with E-state index in [1.54, 1.807) is 0 Å². The van der Waals surface area contributed by atoms with Gasteiger partial charge in [0.05, 0.1) is 0 Å². The second-order valence-electron chi connectivity index (χ2n) is 5.51. The van der Waals surface area contributed by atoms with E-state index in [1.807, 2.05) is 0 Å². The maximum Gasteiger partial charge on any atom is 0.163 e. The minimum atomic E-state index is 0.116. The Balaban J connectivity index is 2.18. The summed E-state index contributed by atoms with van der Waals surface area (Å²) in [6.07, 6.45) is 3.17. The van der Waals surface area contributed by atoms with Crippen molar-refractivity contribution >= 4 is 11.5 Å². The van der Waals surface area contributed by atoms with Crippen LogP contribution < -0.4 is 5.41 Å². The van der Waals surface area contributed by atoms with E-state index in [-0.39, 0.29) is 16.7 Å². The second-order valence-corrected chi connectivity index (χ2v) is 5.51. The van der Waals surface area contributed by atoms with Crippen LogP contribution in [-0.2, 0) is 4.79 Å². The fraction of sp³-hybridized carbons (Fsp3) is 0.818. The van der Waals surface area contributed by atoms with Crippen LogP contribution in [0.15, 0.2) is 0 Å². The van der Waals surface area contributed by atoms with Crippen LogP contribution in [0.3, 0.4) is 0 Å². The first kappa shape index (κ1) is 7.72. The average Bonchev–Trinajstić information content (AvgIpc) is 2.29. The van der Waals surface area contributed by atoms with Gasteiger partial charge in [0.25, 0.3) is 0 Å². The number of ketones is 1. The number of rotatable bonds is 0. The van der Waals surface area contributed by atoms with E-state index in [2.05, 4.69) is 13.8 Å². The summed E-state index contributed by atoms with van der Waals surface area (Å²) >= 11 is 0. The summed E-state index contributed by atoms with van der Waals surface area (Å²) < 4.78 is 0. The van der Waals surface area contributed by atoms with Gasteiger partial charge in [-0.1, -0.05) is 13.8 Å². The number of hydrogen-bond donors (Lipinski definition) is 1. The van der Waals surface area contributed by atoms with Crippen LogP contribution in [0.1, 0.15) is 33.1 Å². The van der Waals surface area contributed by atoms with E-state index in [4.69, 9.17) is 5.41 Å². The first-order chi connectivity index (χ1) is 6.01. The predicted octanol–water partition coefficient (Wildman–Crippen LogP) is 0.212. The van der Waals surface area contributed by atoms with Gasteiger partial charge < -0.3 is 0 Å². The van der Waals surface area contributed by atoms with Crippen LogP contribution >= 0.6 is 0 Å². The molecule has 0 aromatic heterocycles. The Morgan fingerprint density at radius 1 is 1.46 bits per heavy atom. The van der Waals surface area contributed by atoms with Crippen LogP contribution in [0.2, 0.25) is 0 Å². The largest absolute Gasteiger partial charge is 0.299 e. The number of hydrogen-bond acceptors (Lipinski definition) is 1. The van der Waals surface area contributed by atoms with Crippen molar-refractivity contribution < 1.29 is 10.2 Å². The molecule has 70 valence electrons. The topological polar surface area (TPSA) is 42.7 Å². The van der Waals surface area contributed by atoms with E-state index in [1.165, 1.54) is 12.8 Å². The van der Waals surface area contributed by atoms with Gasteiger partial charge in [-0.15, -0.1) is 0 Å². The highest BCUT2D eigenvalue weighted by molar-refractivity contribution is 6.12. The Hall–Kier alpha value is -0.660. The molecule has 3 aliphatic rings. The van der Waals surface area contributed by atoms with Crippen molar-refractivity contribution in [2.24, 2.45) is 22.7 Å². The van der Waals surface area contributed by atoms with Crippen LogP contribution in [-0.4, -0.2) is 11.5 Å². The molecule has 0 aromatic carbocycles. The molecule has 0 saturated heterocycles. The predicted molar refractivity (Wildman–Crippen MR) is 49.0 cm³/mol. The molecule has 0 heterocycles. The number of Topliss-reactive ketones (excluding diaryl/α,β-unsaturated/α-hetero) is 1. The zero-order valence-corrected chi connectivity index (χ0v) is 8.26. The quantitative estimate of drug-likeness (QED) is 0.566. The van der Waals surface area contributed by atoms with E-state index in [9.17, 15) is 4.79 Å². The lowest BCUT2D eigenvalue weighted by Crippen LogP contribution is -2.66. The number of carbonyl (C=O) groups excluding carboxylic acids is 1. The van der Waals surface area contributed by atoms with E-state index >= 15 is 0 Å². The molecule has 13 heavy (non-hydrogen) atoms. The van der Waals surface area contributed by atoms with Crippen LogP contribution in [0.5, 0.6) is 0 Å². The Morgan fingerprint density at radius 2 is 2.15 bits per heavy atom. The molecule has 0 aromatic rings. The zero-order chi connectivity index (χ0) is 9.43. The van der Waals surface area contributed by atoms with Gasteiger partial charge in [-0.3, -0.25) is 10.2 Å². The third kappa shape index (κ3) is 0.527. The van der Waals surface area contributed by atoms with Crippen LogP contribution in [0.25, 0.3) is 0 Å². The zero-order valence-electron chi connectivity index (χ0n) is 8.26. The fourth-order valence-corrected chi connectivity index (χ4v) is 4.25. The summed E-state index contributed by atoms with van der Waals surface area (Å²) in [4.78, 5) is 11.7. The highest BCUT2D eigenvalue weighted by Crippen LogP contribution is 2.72. The molecule has 0 amide bonds. The molecule has 3 aliphatic carbocycles. The molecular formula is C11H16NO+. The molecule has 3 rings (SSSR count). The maximum absolute atomic E-state index is 11.7. The molecule has 0 aliphatic heterocycles. The molecule has 0 bridgehead atoms. The van der Waals surface area contributed by atoms with Crippen molar-refractivity contribution in [3.63, 3.8) is 0 Å². The monoisotopic (exact) mass is 178 g/mol. The number of nitrogens with two attached hydrogens (primary N) is 1. The van der Waals surface area contributed by atoms with E-state index in [0.717, 1.165) is 12.1 Å². The molecule has 4 atom stereocenters. The molecule has 0 radical (unpaired) electrons. The van der Waals surface area contributed by atoms with Crippen molar-refractivity contribution in [3.8, 4) is 0 Å². The Labute approximate surface area is 78.2 Å². The van der Waals surface area contributed by atoms with Gasteiger partial charge in [-0.2, -0.15) is 0 Å². The number of carbonyl (C=O) groups is 1. The molecule has 4 unspecified atom stereocenters. The molecule has 2 nitrogen and oxygen atoms in total. The minimum Gasteiger partial charge on any atom is -0.299 e. The summed E-state index contributed by atoms with van der Waals surface area (Å²) in [5, 5.41) is 5.98. The molecule has 3 saturated carbocycles. The SMILES string of the molecule is CC12CCC3C(=[NH2+])C(C(=O)C1)C32C.